The van der Waals surface area contributed by atoms with Crippen molar-refractivity contribution >= 4 is 41.3 Å². The Kier molecular flexibility index (Phi) is 10.7. The van der Waals surface area contributed by atoms with Crippen molar-refractivity contribution in [3.8, 4) is 16.9 Å². The molecule has 0 bridgehead atoms. The monoisotopic (exact) mass is 626 g/mol. The molecule has 4 rings (SSSR count). The molecule has 0 aliphatic heterocycles. The zero-order valence-corrected chi connectivity index (χ0v) is 26.2. The summed E-state index contributed by atoms with van der Waals surface area (Å²) in [5, 5.41) is 16.4. The van der Waals surface area contributed by atoms with E-state index < -0.39 is 29.7 Å². The van der Waals surface area contributed by atoms with Crippen molar-refractivity contribution in [2.24, 2.45) is 17.6 Å². The van der Waals surface area contributed by atoms with Gasteiger partial charge in [-0.15, -0.1) is 0 Å². The topological polar surface area (TPSA) is 186 Å². The predicted molar refractivity (Wildman–Crippen MR) is 175 cm³/mol. The zero-order valence-electron chi connectivity index (χ0n) is 26.2. The Morgan fingerprint density at radius 3 is 2.33 bits per heavy atom. The van der Waals surface area contributed by atoms with Crippen LogP contribution in [0.1, 0.15) is 69.2 Å². The molecule has 1 saturated carbocycles. The molecule has 3 aromatic rings. The number of carbonyl (C=O) groups is 4. The third kappa shape index (κ3) is 7.83. The molecule has 1 atom stereocenters. The summed E-state index contributed by atoms with van der Waals surface area (Å²) in [4.78, 5) is 56.0. The number of nitrogens with zero attached hydrogens (tertiary/aromatic N) is 1. The number of pyridine rings is 1. The smallest absolute Gasteiger partial charge is 0.357 e. The van der Waals surface area contributed by atoms with Crippen molar-refractivity contribution in [3.63, 3.8) is 0 Å². The molecule has 0 spiro atoms. The minimum Gasteiger partial charge on any atom is -0.496 e. The van der Waals surface area contributed by atoms with Gasteiger partial charge < -0.3 is 31.2 Å². The van der Waals surface area contributed by atoms with Crippen LogP contribution in [0.2, 0.25) is 0 Å². The highest BCUT2D eigenvalue weighted by Gasteiger charge is 2.26. The Morgan fingerprint density at radius 2 is 1.74 bits per heavy atom. The van der Waals surface area contributed by atoms with Gasteiger partial charge in [-0.3, -0.25) is 19.8 Å². The molecule has 0 radical (unpaired) electrons. The number of carbonyl (C=O) groups excluding carboxylic acids is 4. The molecule has 0 unspecified atom stereocenters. The number of anilines is 1. The Bertz CT molecular complexity index is 1680. The molecule has 240 valence electrons. The highest BCUT2D eigenvalue weighted by atomic mass is 16.5. The summed E-state index contributed by atoms with van der Waals surface area (Å²) >= 11 is 0. The average Bonchev–Trinajstić information content (AvgIpc) is 3.90. The second kappa shape index (κ2) is 14.6. The van der Waals surface area contributed by atoms with Crippen LogP contribution in [-0.4, -0.2) is 61.3 Å². The summed E-state index contributed by atoms with van der Waals surface area (Å²) in [5.74, 6) is -1.56. The number of nitrogens with two attached hydrogens (primary N) is 1. The van der Waals surface area contributed by atoms with Gasteiger partial charge in [-0.2, -0.15) is 0 Å². The number of nitrogens with one attached hydrogen (secondary N) is 4. The van der Waals surface area contributed by atoms with E-state index in [1.807, 2.05) is 13.8 Å². The minimum atomic E-state index is -0.788. The van der Waals surface area contributed by atoms with Gasteiger partial charge in [0, 0.05) is 40.0 Å². The van der Waals surface area contributed by atoms with Crippen molar-refractivity contribution < 1.29 is 28.7 Å². The predicted octanol–water partition coefficient (Wildman–Crippen LogP) is 4.00. The number of benzene rings is 2. The number of rotatable bonds is 12. The Balaban J connectivity index is 1.66. The summed E-state index contributed by atoms with van der Waals surface area (Å²) in [5.41, 5.74) is 7.84. The molecule has 1 aromatic heterocycles. The van der Waals surface area contributed by atoms with Crippen molar-refractivity contribution in [1.82, 2.24) is 15.6 Å². The van der Waals surface area contributed by atoms with Crippen LogP contribution >= 0.6 is 0 Å². The Hall–Kier alpha value is -5.36. The number of methoxy groups -OCH3 is 2. The van der Waals surface area contributed by atoms with E-state index in [-0.39, 0.29) is 34.3 Å². The maximum absolute atomic E-state index is 13.8. The first kappa shape index (κ1) is 33.5. The quantitative estimate of drug-likeness (QED) is 0.113. The van der Waals surface area contributed by atoms with Gasteiger partial charge in [0.15, 0.2) is 5.69 Å². The van der Waals surface area contributed by atoms with Crippen molar-refractivity contribution in [2.45, 2.75) is 32.7 Å². The first-order valence-corrected chi connectivity index (χ1v) is 14.8. The second-order valence-corrected chi connectivity index (χ2v) is 11.2. The number of esters is 1. The third-order valence-electron chi connectivity index (χ3n) is 7.58. The van der Waals surface area contributed by atoms with Gasteiger partial charge in [-0.25, -0.2) is 9.78 Å². The Morgan fingerprint density at radius 1 is 1.04 bits per heavy atom. The van der Waals surface area contributed by atoms with Crippen LogP contribution in [0.4, 0.5) is 5.69 Å². The highest BCUT2D eigenvalue weighted by molar-refractivity contribution is 6.12. The van der Waals surface area contributed by atoms with E-state index in [0.717, 1.165) is 12.8 Å². The standard InChI is InChI=1S/C34H38N6O6/c1-6-20-15-25(31(41)38-22-11-9-21(10-12-22)30(36)40-33(43)28(35)18(2)3)24(16-27(20)45-4)23-13-14-26(39-29(23)34(44)46-5)32(42)37-17-19-7-8-19/h6,9-16,18-19,28H,1,7-8,17,35H2,2-5H3,(H,37,42)(H,38,41)(H2,36,40,43)/t28-/m0/s1. The molecule has 46 heavy (non-hydrogen) atoms. The first-order chi connectivity index (χ1) is 22.0. The molecule has 3 amide bonds. The van der Waals surface area contributed by atoms with E-state index in [1.165, 1.54) is 26.4 Å². The van der Waals surface area contributed by atoms with E-state index >= 15 is 0 Å². The molecular weight excluding hydrogens is 588 g/mol. The Labute approximate surface area is 267 Å². The van der Waals surface area contributed by atoms with Crippen LogP contribution in [0.3, 0.4) is 0 Å². The minimum absolute atomic E-state index is 0.0403. The van der Waals surface area contributed by atoms with Gasteiger partial charge in [0.25, 0.3) is 11.8 Å². The average molecular weight is 627 g/mol. The normalized spacial score (nSPS) is 12.9. The molecule has 2 aromatic carbocycles. The van der Waals surface area contributed by atoms with E-state index in [4.69, 9.17) is 20.6 Å². The van der Waals surface area contributed by atoms with Gasteiger partial charge in [0.2, 0.25) is 5.91 Å². The van der Waals surface area contributed by atoms with Gasteiger partial charge >= 0.3 is 5.97 Å². The van der Waals surface area contributed by atoms with Gasteiger partial charge in [0.05, 0.1) is 20.3 Å². The lowest BCUT2D eigenvalue weighted by Crippen LogP contribution is -2.46. The molecule has 1 aliphatic rings. The summed E-state index contributed by atoms with van der Waals surface area (Å²) < 4.78 is 10.5. The fourth-order valence-corrected chi connectivity index (χ4v) is 4.55. The maximum atomic E-state index is 13.8. The fraction of sp³-hybridized carbons (Fsp3) is 0.294. The lowest BCUT2D eigenvalue weighted by molar-refractivity contribution is -0.121. The van der Waals surface area contributed by atoms with Crippen LogP contribution in [0.25, 0.3) is 17.2 Å². The number of hydrogen-bond donors (Lipinski definition) is 5. The van der Waals surface area contributed by atoms with Gasteiger partial charge in [-0.1, -0.05) is 26.5 Å². The lowest BCUT2D eigenvalue weighted by Gasteiger charge is -2.17. The summed E-state index contributed by atoms with van der Waals surface area (Å²) in [6, 6.07) is 11.8. The van der Waals surface area contributed by atoms with Crippen molar-refractivity contribution in [2.75, 3.05) is 26.1 Å². The van der Waals surface area contributed by atoms with Crippen LogP contribution in [0, 0.1) is 17.2 Å². The molecule has 6 N–H and O–H groups in total. The zero-order chi connectivity index (χ0) is 33.5. The van der Waals surface area contributed by atoms with E-state index in [2.05, 4.69) is 27.5 Å². The first-order valence-electron chi connectivity index (χ1n) is 14.8. The summed E-state index contributed by atoms with van der Waals surface area (Å²) in [6.45, 7) is 7.98. The number of amides is 3. The van der Waals surface area contributed by atoms with Crippen LogP contribution in [0.15, 0.2) is 55.1 Å². The van der Waals surface area contributed by atoms with E-state index in [9.17, 15) is 19.2 Å². The summed E-state index contributed by atoms with van der Waals surface area (Å²) in [7, 11) is 2.67. The second-order valence-electron chi connectivity index (χ2n) is 11.2. The van der Waals surface area contributed by atoms with Crippen molar-refractivity contribution in [1.29, 1.82) is 5.41 Å². The summed E-state index contributed by atoms with van der Waals surface area (Å²) in [6.07, 6.45) is 3.66. The van der Waals surface area contributed by atoms with E-state index in [1.54, 1.807) is 42.5 Å². The SMILES string of the molecule is C=Cc1cc(C(=O)Nc2ccc(C(=N)NC(=O)[C@@H](N)C(C)C)cc2)c(-c2ccc(C(=O)NCC3CC3)nc2C(=O)OC)cc1OC. The molecular formula is C34H38N6O6. The third-order valence-corrected chi connectivity index (χ3v) is 7.58. The van der Waals surface area contributed by atoms with Gasteiger partial charge in [-0.05, 0) is 73.2 Å². The molecule has 12 nitrogen and oxygen atoms in total. The molecule has 1 aliphatic carbocycles. The molecule has 0 saturated heterocycles. The largest absolute Gasteiger partial charge is 0.496 e. The number of aromatic nitrogens is 1. The molecule has 12 heteroatoms. The van der Waals surface area contributed by atoms with Gasteiger partial charge in [0.1, 0.15) is 17.3 Å². The maximum Gasteiger partial charge on any atom is 0.357 e. The van der Waals surface area contributed by atoms with E-state index in [0.29, 0.717) is 40.6 Å². The number of ether oxygens (including phenoxy) is 2. The highest BCUT2D eigenvalue weighted by Crippen LogP contribution is 2.34. The van der Waals surface area contributed by atoms with Crippen LogP contribution < -0.4 is 26.4 Å². The van der Waals surface area contributed by atoms with Crippen LogP contribution in [0.5, 0.6) is 5.75 Å². The lowest BCUT2D eigenvalue weighted by atomic mass is 9.94. The number of amidine groups is 1. The number of hydrogen-bond acceptors (Lipinski definition) is 9. The molecule has 1 fully saturated rings. The van der Waals surface area contributed by atoms with Crippen LogP contribution in [-0.2, 0) is 9.53 Å². The van der Waals surface area contributed by atoms with Crippen molar-refractivity contribution in [3.05, 3.63) is 83.2 Å². The molecule has 1 heterocycles. The fourth-order valence-electron chi connectivity index (χ4n) is 4.55.